The Morgan fingerprint density at radius 3 is 2.17 bits per heavy atom. The molecule has 2 heterocycles. The maximum Gasteiger partial charge on any atom is 0.270 e. The summed E-state index contributed by atoms with van der Waals surface area (Å²) in [6.45, 7) is 6.36. The molecule has 2 aliphatic heterocycles. The minimum Gasteiger partial charge on any atom is -0.494 e. The van der Waals surface area contributed by atoms with Crippen molar-refractivity contribution in [3.05, 3.63) is 89.1 Å². The zero-order valence-corrected chi connectivity index (χ0v) is 24.1. The largest absolute Gasteiger partial charge is 0.494 e. The number of unbranched alkanes of at least 4 members (excludes halogenated alkanes) is 1. The standard InChI is InChI=1S/C31H32FN3O3S2/c1-33-17-19-34(20-18-33)16-2-3-21-37-26-14-8-25(9-15-26)35-30(36)29(40-31(35)39)22-23-4-10-27(11-5-23)38-28-12-6-24(32)7-13-28/h4-15,22H,2-3,16-21H2,1H3/b29-22-. The van der Waals surface area contributed by atoms with Crippen molar-refractivity contribution in [1.29, 1.82) is 0 Å². The molecule has 40 heavy (non-hydrogen) atoms. The van der Waals surface area contributed by atoms with Crippen LogP contribution in [0.2, 0.25) is 0 Å². The Morgan fingerprint density at radius 2 is 1.50 bits per heavy atom. The van der Waals surface area contributed by atoms with Crippen molar-refractivity contribution in [1.82, 2.24) is 9.80 Å². The number of ether oxygens (including phenoxy) is 2. The Bertz CT molecular complexity index is 1340. The first-order chi connectivity index (χ1) is 19.4. The molecule has 0 radical (unpaired) electrons. The van der Waals surface area contributed by atoms with Crippen molar-refractivity contribution >= 4 is 46.0 Å². The number of thiocarbonyl (C=S) groups is 1. The van der Waals surface area contributed by atoms with Crippen molar-refractivity contribution in [2.45, 2.75) is 12.8 Å². The predicted octanol–water partition coefficient (Wildman–Crippen LogP) is 6.43. The van der Waals surface area contributed by atoms with Crippen LogP contribution in [-0.2, 0) is 4.79 Å². The molecule has 3 aromatic rings. The summed E-state index contributed by atoms with van der Waals surface area (Å²) in [4.78, 5) is 20.2. The molecular weight excluding hydrogens is 545 g/mol. The van der Waals surface area contributed by atoms with Crippen molar-refractivity contribution < 1.29 is 18.7 Å². The molecule has 2 saturated heterocycles. The van der Waals surface area contributed by atoms with Gasteiger partial charge in [-0.25, -0.2) is 4.39 Å². The Balaban J connectivity index is 1.11. The van der Waals surface area contributed by atoms with Crippen molar-refractivity contribution in [2.75, 3.05) is 51.3 Å². The number of hydrogen-bond acceptors (Lipinski definition) is 7. The number of anilines is 1. The lowest BCUT2D eigenvalue weighted by Crippen LogP contribution is -2.44. The third-order valence-electron chi connectivity index (χ3n) is 6.85. The van der Waals surface area contributed by atoms with Crippen LogP contribution in [0.4, 0.5) is 10.1 Å². The minimum atomic E-state index is -0.313. The number of halogens is 1. The van der Waals surface area contributed by atoms with E-state index in [1.807, 2.05) is 42.5 Å². The highest BCUT2D eigenvalue weighted by Crippen LogP contribution is 2.36. The molecule has 0 unspecified atom stereocenters. The van der Waals surface area contributed by atoms with Gasteiger partial charge >= 0.3 is 0 Å². The fraction of sp³-hybridized carbons (Fsp3) is 0.290. The molecule has 0 atom stereocenters. The lowest BCUT2D eigenvalue weighted by Gasteiger charge is -2.32. The summed E-state index contributed by atoms with van der Waals surface area (Å²) in [5.74, 6) is 1.49. The van der Waals surface area contributed by atoms with Crippen molar-refractivity contribution in [3.8, 4) is 17.2 Å². The van der Waals surface area contributed by atoms with E-state index in [1.54, 1.807) is 29.2 Å². The van der Waals surface area contributed by atoms with Crippen molar-refractivity contribution in [2.24, 2.45) is 0 Å². The van der Waals surface area contributed by atoms with Crippen LogP contribution in [0.25, 0.3) is 6.08 Å². The molecule has 2 aliphatic rings. The van der Waals surface area contributed by atoms with Gasteiger partial charge in [0.25, 0.3) is 5.91 Å². The molecule has 0 aliphatic carbocycles. The number of benzene rings is 3. The molecule has 5 rings (SSSR count). The van der Waals surface area contributed by atoms with Gasteiger partial charge in [-0.05, 0) is 98.7 Å². The van der Waals surface area contributed by atoms with E-state index in [1.165, 1.54) is 23.9 Å². The number of carbonyl (C=O) groups excluding carboxylic acids is 1. The average Bonchev–Trinajstić information content (AvgIpc) is 3.24. The minimum absolute atomic E-state index is 0.154. The van der Waals surface area contributed by atoms with E-state index in [2.05, 4.69) is 16.8 Å². The molecule has 6 nitrogen and oxygen atoms in total. The van der Waals surface area contributed by atoms with Gasteiger partial charge in [-0.2, -0.15) is 0 Å². The number of thioether (sulfide) groups is 1. The molecule has 2 fully saturated rings. The van der Waals surface area contributed by atoms with Crippen LogP contribution in [0, 0.1) is 5.82 Å². The SMILES string of the molecule is CN1CCN(CCCCOc2ccc(N3C(=O)/C(=C/c4ccc(Oc5ccc(F)cc5)cc4)SC3=S)cc2)CC1. The van der Waals surface area contributed by atoms with Gasteiger partial charge in [-0.15, -0.1) is 0 Å². The highest BCUT2D eigenvalue weighted by atomic mass is 32.2. The lowest BCUT2D eigenvalue weighted by molar-refractivity contribution is -0.113. The summed E-state index contributed by atoms with van der Waals surface area (Å²) >= 11 is 6.81. The summed E-state index contributed by atoms with van der Waals surface area (Å²) in [5, 5.41) is 0. The quantitative estimate of drug-likeness (QED) is 0.156. The van der Waals surface area contributed by atoms with E-state index in [9.17, 15) is 9.18 Å². The first-order valence-corrected chi connectivity index (χ1v) is 14.6. The maximum atomic E-state index is 13.2. The lowest BCUT2D eigenvalue weighted by atomic mass is 10.2. The molecule has 0 saturated carbocycles. The van der Waals surface area contributed by atoms with Crippen LogP contribution in [0.3, 0.4) is 0 Å². The normalized spacial score (nSPS) is 17.6. The van der Waals surface area contributed by atoms with Crippen LogP contribution in [-0.4, -0.2) is 66.4 Å². The molecule has 9 heteroatoms. The average molecular weight is 578 g/mol. The Morgan fingerprint density at radius 1 is 0.875 bits per heavy atom. The highest BCUT2D eigenvalue weighted by Gasteiger charge is 2.33. The van der Waals surface area contributed by atoms with Gasteiger partial charge < -0.3 is 19.3 Å². The van der Waals surface area contributed by atoms with Gasteiger partial charge in [-0.3, -0.25) is 9.69 Å². The molecule has 3 aromatic carbocycles. The summed E-state index contributed by atoms with van der Waals surface area (Å²) in [7, 11) is 2.17. The Labute approximate surface area is 244 Å². The smallest absolute Gasteiger partial charge is 0.270 e. The number of rotatable bonds is 10. The molecule has 0 spiro atoms. The van der Waals surface area contributed by atoms with Crippen molar-refractivity contribution in [3.63, 3.8) is 0 Å². The summed E-state index contributed by atoms with van der Waals surface area (Å²) in [6.07, 6.45) is 3.95. The van der Waals surface area contributed by atoms with E-state index in [0.29, 0.717) is 27.3 Å². The summed E-state index contributed by atoms with van der Waals surface area (Å²) < 4.78 is 25.3. The van der Waals surface area contributed by atoms with E-state index in [4.69, 9.17) is 21.7 Å². The summed E-state index contributed by atoms with van der Waals surface area (Å²) in [6, 6.07) is 20.7. The zero-order valence-electron chi connectivity index (χ0n) is 22.4. The fourth-order valence-electron chi connectivity index (χ4n) is 4.50. The number of hydrogen-bond donors (Lipinski definition) is 0. The van der Waals surface area contributed by atoms with Crippen LogP contribution in [0.15, 0.2) is 77.7 Å². The second-order valence-corrected chi connectivity index (χ2v) is 11.5. The molecule has 208 valence electrons. The second-order valence-electron chi connectivity index (χ2n) is 9.84. The topological polar surface area (TPSA) is 45.2 Å². The van der Waals surface area contributed by atoms with Crippen LogP contribution in [0.5, 0.6) is 17.2 Å². The van der Waals surface area contributed by atoms with Crippen LogP contribution >= 0.6 is 24.0 Å². The van der Waals surface area contributed by atoms with E-state index >= 15 is 0 Å². The van der Waals surface area contributed by atoms with E-state index in [-0.39, 0.29) is 11.7 Å². The number of likely N-dealkylation sites (N-methyl/N-ethyl adjacent to an activating group) is 1. The first kappa shape index (κ1) is 28.3. The third kappa shape index (κ3) is 7.48. The number of amides is 1. The number of piperazine rings is 1. The van der Waals surface area contributed by atoms with Gasteiger partial charge in [-0.1, -0.05) is 36.1 Å². The Kier molecular flexibility index (Phi) is 9.49. The molecular formula is C31H32FN3O3S2. The Hall–Kier alpha value is -3.24. The second kappa shape index (κ2) is 13.4. The predicted molar refractivity (Wildman–Crippen MR) is 164 cm³/mol. The van der Waals surface area contributed by atoms with E-state index in [0.717, 1.165) is 62.6 Å². The van der Waals surface area contributed by atoms with Gasteiger partial charge in [0.1, 0.15) is 23.1 Å². The third-order valence-corrected chi connectivity index (χ3v) is 8.15. The van der Waals surface area contributed by atoms with Gasteiger partial charge in [0.2, 0.25) is 0 Å². The van der Waals surface area contributed by atoms with Gasteiger partial charge in [0.05, 0.1) is 17.2 Å². The molecule has 0 N–H and O–H groups in total. The number of carbonyl (C=O) groups is 1. The molecule has 0 bridgehead atoms. The van der Waals surface area contributed by atoms with Gasteiger partial charge in [0.15, 0.2) is 4.32 Å². The van der Waals surface area contributed by atoms with Gasteiger partial charge in [0, 0.05) is 26.2 Å². The van der Waals surface area contributed by atoms with Crippen LogP contribution in [0.1, 0.15) is 18.4 Å². The molecule has 0 aromatic heterocycles. The van der Waals surface area contributed by atoms with Crippen LogP contribution < -0.4 is 14.4 Å². The fourth-order valence-corrected chi connectivity index (χ4v) is 5.80. The maximum absolute atomic E-state index is 13.2. The monoisotopic (exact) mass is 577 g/mol. The first-order valence-electron chi connectivity index (χ1n) is 13.4. The zero-order chi connectivity index (χ0) is 27.9. The molecule has 1 amide bonds. The summed E-state index contributed by atoms with van der Waals surface area (Å²) in [5.41, 5.74) is 1.57. The van der Waals surface area contributed by atoms with E-state index < -0.39 is 0 Å². The highest BCUT2D eigenvalue weighted by molar-refractivity contribution is 8.27. The number of nitrogens with zero attached hydrogens (tertiary/aromatic N) is 3.